The fourth-order valence-corrected chi connectivity index (χ4v) is 6.80. The first kappa shape index (κ1) is 31.6. The summed E-state index contributed by atoms with van der Waals surface area (Å²) in [4.78, 5) is 41.2. The highest BCUT2D eigenvalue weighted by atomic mass is 79.9. The lowest BCUT2D eigenvalue weighted by molar-refractivity contribution is -0.157. The minimum absolute atomic E-state index is 0.0161. The molecule has 0 bridgehead atoms. The summed E-state index contributed by atoms with van der Waals surface area (Å²) in [6.07, 6.45) is 4.62. The Labute approximate surface area is 259 Å². The molecule has 1 saturated carbocycles. The van der Waals surface area contributed by atoms with Crippen LogP contribution in [0.25, 0.3) is 10.4 Å². The second-order valence-corrected chi connectivity index (χ2v) is 12.8. The number of carbonyl (C=O) groups is 3. The maximum atomic E-state index is 13.5. The number of nitrogens with zero attached hydrogens (tertiary/aromatic N) is 1. The lowest BCUT2D eigenvalue weighted by Gasteiger charge is -2.33. The summed E-state index contributed by atoms with van der Waals surface area (Å²) in [5.74, 6) is -0.947. The minimum Gasteiger partial charge on any atom is -0.479 e. The molecule has 0 radical (unpaired) electrons. The first-order valence-electron chi connectivity index (χ1n) is 13.9. The van der Waals surface area contributed by atoms with Gasteiger partial charge in [0, 0.05) is 11.7 Å². The van der Waals surface area contributed by atoms with Crippen LogP contribution < -0.4 is 9.64 Å². The SMILES string of the molecule is COC(=O)c1sc(-c2cccc(N(C(=O)OCc3ccccc3)C3CCCCC3)c2)c(Br)c1OCC(=O)OC(C)(C)C. The van der Waals surface area contributed by atoms with E-state index in [4.69, 9.17) is 18.9 Å². The molecule has 0 spiro atoms. The van der Waals surface area contributed by atoms with Crippen molar-refractivity contribution in [3.63, 3.8) is 0 Å². The van der Waals surface area contributed by atoms with Gasteiger partial charge in [0.05, 0.1) is 16.5 Å². The van der Waals surface area contributed by atoms with Crippen LogP contribution in [0.3, 0.4) is 0 Å². The fraction of sp³-hybridized carbons (Fsp3) is 0.406. The van der Waals surface area contributed by atoms with E-state index in [0.717, 1.165) is 43.2 Å². The highest BCUT2D eigenvalue weighted by Gasteiger charge is 2.30. The van der Waals surface area contributed by atoms with Crippen molar-refractivity contribution in [3.8, 4) is 16.2 Å². The van der Waals surface area contributed by atoms with Crippen molar-refractivity contribution in [2.24, 2.45) is 0 Å². The second-order valence-electron chi connectivity index (χ2n) is 11.0. The summed E-state index contributed by atoms with van der Waals surface area (Å²) in [5.41, 5.74) is 1.71. The third-order valence-corrected chi connectivity index (χ3v) is 8.88. The number of hydrogen-bond donors (Lipinski definition) is 0. The monoisotopic (exact) mass is 657 g/mol. The van der Waals surface area contributed by atoms with Gasteiger partial charge in [-0.1, -0.05) is 61.7 Å². The number of ether oxygens (including phenoxy) is 4. The molecular weight excluding hydrogens is 622 g/mol. The van der Waals surface area contributed by atoms with Crippen LogP contribution in [-0.4, -0.2) is 43.4 Å². The number of anilines is 1. The number of esters is 2. The summed E-state index contributed by atoms with van der Waals surface area (Å²) >= 11 is 4.76. The van der Waals surface area contributed by atoms with E-state index in [0.29, 0.717) is 15.0 Å². The van der Waals surface area contributed by atoms with Gasteiger partial charge in [-0.05, 0) is 72.8 Å². The van der Waals surface area contributed by atoms with Gasteiger partial charge in [-0.15, -0.1) is 11.3 Å². The first-order valence-corrected chi connectivity index (χ1v) is 15.5. The molecular formula is C32H36BrNO7S. The van der Waals surface area contributed by atoms with Crippen molar-refractivity contribution in [3.05, 3.63) is 69.5 Å². The molecule has 224 valence electrons. The lowest BCUT2D eigenvalue weighted by atomic mass is 9.94. The quantitative estimate of drug-likeness (QED) is 0.169. The maximum Gasteiger partial charge on any atom is 0.414 e. The van der Waals surface area contributed by atoms with Crippen LogP contribution >= 0.6 is 27.3 Å². The number of amides is 1. The average molecular weight is 659 g/mol. The van der Waals surface area contributed by atoms with Gasteiger partial charge in [0.1, 0.15) is 12.2 Å². The van der Waals surface area contributed by atoms with Crippen molar-refractivity contribution in [1.82, 2.24) is 0 Å². The van der Waals surface area contributed by atoms with Gasteiger partial charge in [-0.3, -0.25) is 4.90 Å². The molecule has 8 nitrogen and oxygen atoms in total. The van der Waals surface area contributed by atoms with Gasteiger partial charge in [-0.25, -0.2) is 14.4 Å². The smallest absolute Gasteiger partial charge is 0.414 e. The summed E-state index contributed by atoms with van der Waals surface area (Å²) in [6, 6.07) is 17.2. The fourth-order valence-electron chi connectivity index (χ4n) is 4.83. The Morgan fingerprint density at radius 3 is 2.38 bits per heavy atom. The summed E-state index contributed by atoms with van der Waals surface area (Å²) < 4.78 is 22.4. The van der Waals surface area contributed by atoms with Gasteiger partial charge in [0.15, 0.2) is 17.2 Å². The Hall–Kier alpha value is -3.37. The Morgan fingerprint density at radius 1 is 1.00 bits per heavy atom. The van der Waals surface area contributed by atoms with Crippen molar-refractivity contribution in [2.75, 3.05) is 18.6 Å². The average Bonchev–Trinajstić information content (AvgIpc) is 3.31. The molecule has 1 heterocycles. The number of methoxy groups -OCH3 is 1. The predicted molar refractivity (Wildman–Crippen MR) is 166 cm³/mol. The van der Waals surface area contributed by atoms with Crippen LogP contribution in [0.15, 0.2) is 59.1 Å². The van der Waals surface area contributed by atoms with Gasteiger partial charge < -0.3 is 18.9 Å². The number of thiophene rings is 1. The van der Waals surface area contributed by atoms with Crippen molar-refractivity contribution in [2.45, 2.75) is 71.1 Å². The number of hydrogen-bond acceptors (Lipinski definition) is 8. The molecule has 1 amide bonds. The molecule has 3 aromatic rings. The Kier molecular flexibility index (Phi) is 10.7. The molecule has 0 saturated heterocycles. The molecule has 1 aliphatic rings. The third-order valence-electron chi connectivity index (χ3n) is 6.66. The maximum absolute atomic E-state index is 13.5. The molecule has 1 fully saturated rings. The van der Waals surface area contributed by atoms with Crippen molar-refractivity contribution < 1.29 is 33.3 Å². The minimum atomic E-state index is -0.671. The highest BCUT2D eigenvalue weighted by Crippen LogP contribution is 2.46. The Bertz CT molecular complexity index is 1390. The van der Waals surface area contributed by atoms with Gasteiger partial charge in [0.2, 0.25) is 0 Å². The van der Waals surface area contributed by atoms with E-state index in [1.54, 1.807) is 25.7 Å². The first-order chi connectivity index (χ1) is 20.1. The standard InChI is InChI=1S/C32H36BrNO7S/c1-32(2,3)41-25(35)20-39-27-26(33)28(42-29(27)30(36)38-4)22-14-11-17-24(18-22)34(23-15-9-6-10-16-23)31(37)40-19-21-12-7-5-8-13-21/h5,7-8,11-14,17-18,23H,6,9-10,15-16,19-20H2,1-4H3. The van der Waals surface area contributed by atoms with Crippen LogP contribution in [-0.2, 0) is 25.6 Å². The summed E-state index contributed by atoms with van der Waals surface area (Å²) in [7, 11) is 1.29. The van der Waals surface area contributed by atoms with E-state index >= 15 is 0 Å². The van der Waals surface area contributed by atoms with Crippen LogP contribution in [0.4, 0.5) is 10.5 Å². The molecule has 0 aliphatic heterocycles. The van der Waals surface area contributed by atoms with Gasteiger partial charge in [0.25, 0.3) is 0 Å². The van der Waals surface area contributed by atoms with E-state index in [1.165, 1.54) is 18.4 Å². The van der Waals surface area contributed by atoms with E-state index in [9.17, 15) is 14.4 Å². The number of halogens is 1. The molecule has 0 atom stereocenters. The molecule has 2 aromatic carbocycles. The highest BCUT2D eigenvalue weighted by molar-refractivity contribution is 9.10. The van der Waals surface area contributed by atoms with E-state index in [2.05, 4.69) is 15.9 Å². The van der Waals surface area contributed by atoms with Gasteiger partial charge >= 0.3 is 18.0 Å². The number of carbonyl (C=O) groups excluding carboxylic acids is 3. The van der Waals surface area contributed by atoms with Crippen LogP contribution in [0.1, 0.15) is 68.1 Å². The molecule has 1 aliphatic carbocycles. The zero-order chi connectivity index (χ0) is 30.3. The van der Waals surface area contributed by atoms with Gasteiger partial charge in [-0.2, -0.15) is 0 Å². The lowest BCUT2D eigenvalue weighted by Crippen LogP contribution is -2.42. The Morgan fingerprint density at radius 2 is 1.71 bits per heavy atom. The zero-order valence-corrected chi connectivity index (χ0v) is 26.7. The third kappa shape index (κ3) is 8.13. The van der Waals surface area contributed by atoms with E-state index < -0.39 is 23.6 Å². The largest absolute Gasteiger partial charge is 0.479 e. The van der Waals surface area contributed by atoms with Crippen LogP contribution in [0, 0.1) is 0 Å². The number of benzene rings is 2. The molecule has 10 heteroatoms. The molecule has 4 rings (SSSR count). The Balaban J connectivity index is 1.64. The summed E-state index contributed by atoms with van der Waals surface area (Å²) in [6.45, 7) is 5.11. The van der Waals surface area contributed by atoms with E-state index in [-0.39, 0.29) is 29.9 Å². The van der Waals surface area contributed by atoms with Crippen molar-refractivity contribution in [1.29, 1.82) is 0 Å². The second kappa shape index (κ2) is 14.2. The van der Waals surface area contributed by atoms with Crippen LogP contribution in [0.2, 0.25) is 0 Å². The number of rotatable bonds is 9. The molecule has 0 unspecified atom stereocenters. The predicted octanol–water partition coefficient (Wildman–Crippen LogP) is 8.16. The van der Waals surface area contributed by atoms with Crippen molar-refractivity contribution >= 4 is 51.0 Å². The molecule has 42 heavy (non-hydrogen) atoms. The topological polar surface area (TPSA) is 91.4 Å². The van der Waals surface area contributed by atoms with Crippen LogP contribution in [0.5, 0.6) is 5.75 Å². The molecule has 0 N–H and O–H groups in total. The van der Waals surface area contributed by atoms with E-state index in [1.807, 2.05) is 54.6 Å². The molecule has 1 aromatic heterocycles. The summed E-state index contributed by atoms with van der Waals surface area (Å²) in [5, 5.41) is 0. The zero-order valence-electron chi connectivity index (χ0n) is 24.3. The normalized spacial score (nSPS) is 13.7.